The van der Waals surface area contributed by atoms with Crippen LogP contribution in [-0.2, 0) is 16.1 Å². The van der Waals surface area contributed by atoms with Crippen LogP contribution in [-0.4, -0.2) is 40.0 Å². The number of amides is 1. The lowest BCUT2D eigenvalue weighted by atomic mass is 10.0. The molecule has 0 bridgehead atoms. The molecule has 148 valence electrons. The molecule has 0 aliphatic carbocycles. The average molecular weight is 456 g/mol. The number of carbonyl (C=O) groups excluding carboxylic acids is 1. The fraction of sp³-hybridized carbons (Fsp3) is 0.526. The van der Waals surface area contributed by atoms with E-state index in [-0.39, 0.29) is 22.3 Å². The van der Waals surface area contributed by atoms with Gasteiger partial charge in [0.25, 0.3) is 5.56 Å². The predicted octanol–water partition coefficient (Wildman–Crippen LogP) is 3.59. The monoisotopic (exact) mass is 455 g/mol. The van der Waals surface area contributed by atoms with Crippen LogP contribution in [0.3, 0.4) is 0 Å². The van der Waals surface area contributed by atoms with Crippen molar-refractivity contribution in [3.05, 3.63) is 33.0 Å². The molecule has 0 aliphatic rings. The maximum absolute atomic E-state index is 13.0. The molecule has 1 atom stereocenters. The van der Waals surface area contributed by atoms with Crippen molar-refractivity contribution in [1.29, 1.82) is 0 Å². The number of thioether (sulfide) groups is 1. The molecule has 0 radical (unpaired) electrons. The smallest absolute Gasteiger partial charge is 0.262 e. The van der Waals surface area contributed by atoms with Crippen molar-refractivity contribution < 1.29 is 9.53 Å². The third-order valence-corrected chi connectivity index (χ3v) is 5.98. The van der Waals surface area contributed by atoms with Gasteiger partial charge in [0.1, 0.15) is 0 Å². The number of benzene rings is 1. The number of hydrogen-bond acceptors (Lipinski definition) is 5. The number of carbonyl (C=O) groups is 1. The normalized spacial score (nSPS) is 13.0. The lowest BCUT2D eigenvalue weighted by molar-refractivity contribution is -0.121. The van der Waals surface area contributed by atoms with Crippen LogP contribution in [0.4, 0.5) is 0 Å². The summed E-state index contributed by atoms with van der Waals surface area (Å²) in [5.74, 6) is -0.0738. The molecule has 27 heavy (non-hydrogen) atoms. The molecule has 0 saturated carbocycles. The SMILES string of the molecule is CCC(C)(C)NC(=O)C(C)Sc1nc2ccc(Br)cc2c(=O)n1CCOC. The molecule has 1 N–H and O–H groups in total. The molecule has 0 spiro atoms. The molecule has 8 heteroatoms. The molecule has 1 heterocycles. The summed E-state index contributed by atoms with van der Waals surface area (Å²) in [6.07, 6.45) is 0.831. The second-order valence-corrected chi connectivity index (χ2v) is 9.22. The van der Waals surface area contributed by atoms with E-state index in [0.717, 1.165) is 10.9 Å². The van der Waals surface area contributed by atoms with Crippen LogP contribution >= 0.6 is 27.7 Å². The van der Waals surface area contributed by atoms with Crippen molar-refractivity contribution in [2.45, 2.75) is 56.6 Å². The minimum Gasteiger partial charge on any atom is -0.383 e. The molecule has 0 saturated heterocycles. The van der Waals surface area contributed by atoms with Gasteiger partial charge in [0.05, 0.1) is 29.3 Å². The van der Waals surface area contributed by atoms with Crippen LogP contribution in [0.25, 0.3) is 10.9 Å². The summed E-state index contributed by atoms with van der Waals surface area (Å²) >= 11 is 4.68. The van der Waals surface area contributed by atoms with Crippen molar-refractivity contribution in [2.75, 3.05) is 13.7 Å². The minimum atomic E-state index is -0.385. The summed E-state index contributed by atoms with van der Waals surface area (Å²) in [5.41, 5.74) is 0.202. The van der Waals surface area contributed by atoms with Crippen molar-refractivity contribution in [3.8, 4) is 0 Å². The first kappa shape index (κ1) is 21.9. The molecule has 1 unspecified atom stereocenters. The summed E-state index contributed by atoms with van der Waals surface area (Å²) in [7, 11) is 1.59. The summed E-state index contributed by atoms with van der Waals surface area (Å²) in [6, 6.07) is 5.42. The lowest BCUT2D eigenvalue weighted by Crippen LogP contribution is -2.46. The number of halogens is 1. The van der Waals surface area contributed by atoms with Gasteiger partial charge in [-0.2, -0.15) is 0 Å². The maximum atomic E-state index is 13.0. The zero-order valence-corrected chi connectivity index (χ0v) is 18.7. The number of rotatable bonds is 8. The molecule has 6 nitrogen and oxygen atoms in total. The molecule has 2 rings (SSSR count). The van der Waals surface area contributed by atoms with Gasteiger partial charge in [-0.15, -0.1) is 0 Å². The molecule has 1 aromatic heterocycles. The van der Waals surface area contributed by atoms with Crippen LogP contribution < -0.4 is 10.9 Å². The molecule has 2 aromatic rings. The molecule has 0 aliphatic heterocycles. The standard InChI is InChI=1S/C19H26BrN3O3S/c1-6-19(3,4)22-16(24)12(2)27-18-21-15-8-7-13(20)11-14(15)17(25)23(18)9-10-26-5/h7-8,11-12H,6,9-10H2,1-5H3,(H,22,24). The number of hydrogen-bond donors (Lipinski definition) is 1. The van der Waals surface area contributed by atoms with Gasteiger partial charge in [0.15, 0.2) is 5.16 Å². The first-order valence-corrected chi connectivity index (χ1v) is 10.5. The largest absolute Gasteiger partial charge is 0.383 e. The van der Waals surface area contributed by atoms with Crippen molar-refractivity contribution in [1.82, 2.24) is 14.9 Å². The van der Waals surface area contributed by atoms with E-state index in [1.807, 2.05) is 33.8 Å². The fourth-order valence-electron chi connectivity index (χ4n) is 2.38. The number of fused-ring (bicyclic) bond motifs is 1. The van der Waals surface area contributed by atoms with Gasteiger partial charge in [0, 0.05) is 17.1 Å². The maximum Gasteiger partial charge on any atom is 0.262 e. The van der Waals surface area contributed by atoms with Gasteiger partial charge < -0.3 is 10.1 Å². The van der Waals surface area contributed by atoms with Gasteiger partial charge in [-0.1, -0.05) is 34.6 Å². The van der Waals surface area contributed by atoms with Crippen molar-refractivity contribution >= 4 is 44.5 Å². The van der Waals surface area contributed by atoms with E-state index < -0.39 is 0 Å². The predicted molar refractivity (Wildman–Crippen MR) is 113 cm³/mol. The van der Waals surface area contributed by atoms with Gasteiger partial charge in [-0.25, -0.2) is 4.98 Å². The Kier molecular flexibility index (Phi) is 7.47. The van der Waals surface area contributed by atoms with Crippen LogP contribution in [0.5, 0.6) is 0 Å². The van der Waals surface area contributed by atoms with Crippen LogP contribution in [0.1, 0.15) is 34.1 Å². The van der Waals surface area contributed by atoms with Gasteiger partial charge >= 0.3 is 0 Å². The highest BCUT2D eigenvalue weighted by Gasteiger charge is 2.24. The van der Waals surface area contributed by atoms with Crippen molar-refractivity contribution in [3.63, 3.8) is 0 Å². The Hall–Kier alpha value is -1.38. The zero-order chi connectivity index (χ0) is 20.2. The Morgan fingerprint density at radius 2 is 2.15 bits per heavy atom. The second-order valence-electron chi connectivity index (χ2n) is 6.99. The highest BCUT2D eigenvalue weighted by atomic mass is 79.9. The Balaban J connectivity index is 2.39. The fourth-order valence-corrected chi connectivity index (χ4v) is 3.67. The van der Waals surface area contributed by atoms with Crippen LogP contribution in [0.2, 0.25) is 0 Å². The zero-order valence-electron chi connectivity index (χ0n) is 16.3. The van der Waals surface area contributed by atoms with E-state index in [2.05, 4.69) is 26.2 Å². The summed E-state index contributed by atoms with van der Waals surface area (Å²) in [4.78, 5) is 30.2. The first-order chi connectivity index (χ1) is 12.7. The summed E-state index contributed by atoms with van der Waals surface area (Å²) in [5, 5.41) is 3.71. The Morgan fingerprint density at radius 3 is 2.78 bits per heavy atom. The first-order valence-electron chi connectivity index (χ1n) is 8.86. The number of ether oxygens (including phenoxy) is 1. The second kappa shape index (κ2) is 9.21. The third-order valence-electron chi connectivity index (χ3n) is 4.40. The number of methoxy groups -OCH3 is 1. The average Bonchev–Trinajstić information content (AvgIpc) is 2.61. The topological polar surface area (TPSA) is 73.2 Å². The molecule has 0 fully saturated rings. The summed E-state index contributed by atoms with van der Waals surface area (Å²) < 4.78 is 7.54. The van der Waals surface area contributed by atoms with E-state index >= 15 is 0 Å². The Labute approximate surface area is 172 Å². The van der Waals surface area contributed by atoms with Crippen molar-refractivity contribution in [2.24, 2.45) is 0 Å². The molecular weight excluding hydrogens is 430 g/mol. The molecule has 1 aromatic carbocycles. The highest BCUT2D eigenvalue weighted by molar-refractivity contribution is 9.10. The third kappa shape index (κ3) is 5.56. The van der Waals surface area contributed by atoms with E-state index in [9.17, 15) is 9.59 Å². The molecular formula is C19H26BrN3O3S. The van der Waals surface area contributed by atoms with Gasteiger partial charge in [-0.05, 0) is 45.4 Å². The van der Waals surface area contributed by atoms with Crippen LogP contribution in [0.15, 0.2) is 32.6 Å². The quantitative estimate of drug-likeness (QED) is 0.486. The van der Waals surface area contributed by atoms with E-state index in [1.165, 1.54) is 11.8 Å². The van der Waals surface area contributed by atoms with E-state index in [0.29, 0.717) is 29.2 Å². The lowest BCUT2D eigenvalue weighted by Gasteiger charge is -2.26. The number of aromatic nitrogens is 2. The molecule has 1 amide bonds. The number of nitrogens with zero attached hydrogens (tertiary/aromatic N) is 2. The highest BCUT2D eigenvalue weighted by Crippen LogP contribution is 2.24. The van der Waals surface area contributed by atoms with Gasteiger partial charge in [0.2, 0.25) is 5.91 Å². The van der Waals surface area contributed by atoms with Crippen LogP contribution in [0, 0.1) is 0 Å². The Bertz CT molecular complexity index is 882. The minimum absolute atomic E-state index is 0.0738. The Morgan fingerprint density at radius 1 is 1.44 bits per heavy atom. The number of nitrogens with one attached hydrogen (secondary N) is 1. The van der Waals surface area contributed by atoms with Gasteiger partial charge in [-0.3, -0.25) is 14.2 Å². The van der Waals surface area contributed by atoms with E-state index in [1.54, 1.807) is 23.8 Å². The van der Waals surface area contributed by atoms with E-state index in [4.69, 9.17) is 4.74 Å². The summed E-state index contributed by atoms with van der Waals surface area (Å²) in [6.45, 7) is 8.60.